The first-order valence-electron chi connectivity index (χ1n) is 21.1. The Kier molecular flexibility index (Phi) is 19.1. The number of hydrogen-bond donors (Lipinski definition) is 9. The van der Waals surface area contributed by atoms with Gasteiger partial charge in [-0.1, -0.05) is 34.1 Å². The van der Waals surface area contributed by atoms with Gasteiger partial charge in [0.25, 0.3) is 0 Å². The number of unbranched alkanes of at least 4 members (excludes halogenated alkanes) is 1. The van der Waals surface area contributed by atoms with Crippen LogP contribution in [0.15, 0.2) is 0 Å². The van der Waals surface area contributed by atoms with Gasteiger partial charge in [0.2, 0.25) is 47.3 Å². The molecule has 3 saturated heterocycles. The Bertz CT molecular complexity index is 1580. The van der Waals surface area contributed by atoms with E-state index >= 15 is 0 Å². The lowest BCUT2D eigenvalue weighted by atomic mass is 9.98. The third-order valence-electron chi connectivity index (χ3n) is 11.7. The van der Waals surface area contributed by atoms with Gasteiger partial charge in [-0.2, -0.15) is 0 Å². The number of carbonyl (C=O) groups is 9. The van der Waals surface area contributed by atoms with E-state index in [0.29, 0.717) is 51.5 Å². The molecule has 0 aromatic carbocycles. The molecule has 0 radical (unpaired) electrons. The highest BCUT2D eigenvalue weighted by molar-refractivity contribution is 5.99. The molecule has 3 rings (SSSR count). The van der Waals surface area contributed by atoms with Gasteiger partial charge in [0.1, 0.15) is 42.3 Å². The number of carboxylic acid groups (broad SMARTS) is 1. The molecule has 0 aromatic rings. The van der Waals surface area contributed by atoms with E-state index in [4.69, 9.17) is 17.2 Å². The summed E-state index contributed by atoms with van der Waals surface area (Å²) in [6, 6.07) is -9.36. The third kappa shape index (κ3) is 12.8. The molecular weight excluding hydrogens is 784 g/mol. The summed E-state index contributed by atoms with van der Waals surface area (Å²) in [5, 5.41) is 29.8. The molecule has 9 atom stereocenters. The number of nitrogens with zero attached hydrogens (tertiary/aromatic N) is 3. The third-order valence-corrected chi connectivity index (χ3v) is 11.7. The van der Waals surface area contributed by atoms with E-state index in [9.17, 15) is 53.4 Å². The minimum atomic E-state index is -1.58. The fraction of sp³-hybridized carbons (Fsp3) is 0.769. The number of nitrogens with two attached hydrogens (primary N) is 3. The molecule has 0 unspecified atom stereocenters. The number of aliphatic hydroxyl groups excluding tert-OH is 1. The number of likely N-dealkylation sites (tertiary alicyclic amines) is 3. The van der Waals surface area contributed by atoms with Gasteiger partial charge in [-0.05, 0) is 76.2 Å². The fourth-order valence-corrected chi connectivity index (χ4v) is 7.91. The average Bonchev–Trinajstić information content (AvgIpc) is 4.01. The van der Waals surface area contributed by atoms with Crippen molar-refractivity contribution in [2.24, 2.45) is 29.0 Å². The summed E-state index contributed by atoms with van der Waals surface area (Å²) < 4.78 is 0. The first-order valence-corrected chi connectivity index (χ1v) is 21.1. The molecule has 3 heterocycles. The summed E-state index contributed by atoms with van der Waals surface area (Å²) >= 11 is 0. The minimum absolute atomic E-state index is 0.0646. The van der Waals surface area contributed by atoms with Crippen LogP contribution in [-0.2, 0) is 43.2 Å². The quantitative estimate of drug-likeness (QED) is 0.0492. The molecule has 8 amide bonds. The predicted molar refractivity (Wildman–Crippen MR) is 216 cm³/mol. The summed E-state index contributed by atoms with van der Waals surface area (Å²) in [7, 11) is 0. The highest BCUT2D eigenvalue weighted by Gasteiger charge is 2.43. The van der Waals surface area contributed by atoms with Crippen LogP contribution in [0.4, 0.5) is 0 Å². The Morgan fingerprint density at radius 1 is 0.683 bits per heavy atom. The number of hydrogen-bond acceptors (Lipinski definition) is 12. The number of aliphatic carboxylic acids is 1. The molecule has 3 aliphatic heterocycles. The maximum atomic E-state index is 14.1. The number of nitrogens with one attached hydrogen (secondary N) is 4. The van der Waals surface area contributed by atoms with Crippen molar-refractivity contribution in [2.45, 2.75) is 147 Å². The Balaban J connectivity index is 1.76. The molecule has 3 aliphatic rings. The van der Waals surface area contributed by atoms with E-state index in [2.05, 4.69) is 21.3 Å². The van der Waals surface area contributed by atoms with Crippen molar-refractivity contribution in [1.29, 1.82) is 0 Å². The van der Waals surface area contributed by atoms with Crippen LogP contribution in [0, 0.1) is 11.8 Å². The zero-order chi connectivity index (χ0) is 44.8. The summed E-state index contributed by atoms with van der Waals surface area (Å²) in [4.78, 5) is 123. The minimum Gasteiger partial charge on any atom is -0.480 e. The second kappa shape index (κ2) is 23.2. The zero-order valence-corrected chi connectivity index (χ0v) is 35.2. The Hall–Kier alpha value is -4.89. The van der Waals surface area contributed by atoms with Crippen LogP contribution in [0.5, 0.6) is 0 Å². The van der Waals surface area contributed by atoms with Crippen LogP contribution in [0.3, 0.4) is 0 Å². The van der Waals surface area contributed by atoms with Gasteiger partial charge in [0.05, 0.1) is 19.1 Å². The fourth-order valence-electron chi connectivity index (χ4n) is 7.91. The highest BCUT2D eigenvalue weighted by atomic mass is 16.4. The summed E-state index contributed by atoms with van der Waals surface area (Å²) in [5.74, 6) is -7.64. The van der Waals surface area contributed by atoms with Crippen LogP contribution in [0.1, 0.15) is 98.3 Å². The van der Waals surface area contributed by atoms with Gasteiger partial charge in [-0.25, -0.2) is 4.79 Å². The number of aliphatic hydroxyl groups is 1. The Morgan fingerprint density at radius 3 is 1.68 bits per heavy atom. The van der Waals surface area contributed by atoms with Crippen molar-refractivity contribution in [1.82, 2.24) is 36.0 Å². The monoisotopic (exact) mass is 850 g/mol. The first-order chi connectivity index (χ1) is 28.4. The molecule has 12 N–H and O–H groups in total. The lowest BCUT2D eigenvalue weighted by molar-refractivity contribution is -0.150. The molecule has 21 heteroatoms. The van der Waals surface area contributed by atoms with E-state index in [1.165, 1.54) is 9.80 Å². The van der Waals surface area contributed by atoms with Gasteiger partial charge in [0.15, 0.2) is 0 Å². The van der Waals surface area contributed by atoms with E-state index in [1.807, 2.05) is 13.8 Å². The first kappa shape index (κ1) is 49.5. The molecule has 21 nitrogen and oxygen atoms in total. The molecule has 0 spiro atoms. The Morgan fingerprint density at radius 2 is 1.18 bits per heavy atom. The standard InChI is InChI=1S/C39H66N10O11/c1-5-22(4)30(42)38(58)48-17-9-13-27(48)34(54)46-31(21(2)3)35(55)44-24(19-29(41)51)32(52)43-23(11-6-7-15-40)36(56)47-16-8-12-26(47)33(53)45-25(20-50)37(57)49-18-10-14-28(49)39(59)60/h21-28,30-31,50H,5-20,40,42H2,1-4H3,(H2,41,51)(H,43,52)(H,44,55)(H,45,53)(H,46,54)(H,59,60)/t22-,23-,24-,25-,26-,27-,28-,30-,31-/m0/s1. The lowest BCUT2D eigenvalue weighted by Gasteiger charge is -2.32. The van der Waals surface area contributed by atoms with E-state index in [-0.39, 0.29) is 50.7 Å². The van der Waals surface area contributed by atoms with E-state index in [1.54, 1.807) is 13.8 Å². The molecule has 338 valence electrons. The van der Waals surface area contributed by atoms with Gasteiger partial charge in [0, 0.05) is 19.6 Å². The molecular formula is C39H66N10O11. The van der Waals surface area contributed by atoms with Crippen LogP contribution in [-0.4, -0.2) is 159 Å². The topological polar surface area (TPSA) is 330 Å². The van der Waals surface area contributed by atoms with Crippen molar-refractivity contribution in [2.75, 3.05) is 32.8 Å². The van der Waals surface area contributed by atoms with Crippen LogP contribution in [0.2, 0.25) is 0 Å². The van der Waals surface area contributed by atoms with Crippen molar-refractivity contribution in [3.63, 3.8) is 0 Å². The highest BCUT2D eigenvalue weighted by Crippen LogP contribution is 2.23. The number of rotatable bonds is 22. The van der Waals surface area contributed by atoms with Gasteiger partial charge < -0.3 is 63.4 Å². The molecule has 60 heavy (non-hydrogen) atoms. The second-order valence-electron chi connectivity index (χ2n) is 16.4. The van der Waals surface area contributed by atoms with Crippen molar-refractivity contribution < 1.29 is 53.4 Å². The van der Waals surface area contributed by atoms with E-state index in [0.717, 1.165) is 4.90 Å². The maximum absolute atomic E-state index is 14.1. The number of primary amides is 1. The van der Waals surface area contributed by atoms with Gasteiger partial charge in [-0.3, -0.25) is 38.4 Å². The number of amides is 8. The number of carboxylic acids is 1. The number of carbonyl (C=O) groups excluding carboxylic acids is 8. The second-order valence-corrected chi connectivity index (χ2v) is 16.4. The largest absolute Gasteiger partial charge is 0.480 e. The van der Waals surface area contributed by atoms with Crippen LogP contribution in [0.25, 0.3) is 0 Å². The Labute approximate surface area is 350 Å². The zero-order valence-electron chi connectivity index (χ0n) is 35.2. The lowest BCUT2D eigenvalue weighted by Crippen LogP contribution is -2.61. The van der Waals surface area contributed by atoms with Crippen molar-refractivity contribution in [3.8, 4) is 0 Å². The molecule has 0 aliphatic carbocycles. The van der Waals surface area contributed by atoms with Crippen LogP contribution >= 0.6 is 0 Å². The van der Waals surface area contributed by atoms with Crippen LogP contribution < -0.4 is 38.5 Å². The van der Waals surface area contributed by atoms with Gasteiger partial charge >= 0.3 is 5.97 Å². The van der Waals surface area contributed by atoms with E-state index < -0.39 is 115 Å². The van der Waals surface area contributed by atoms with Crippen molar-refractivity contribution >= 4 is 53.2 Å². The molecule has 0 saturated carbocycles. The average molecular weight is 851 g/mol. The summed E-state index contributed by atoms with van der Waals surface area (Å²) in [6.07, 6.45) is 3.07. The summed E-state index contributed by atoms with van der Waals surface area (Å²) in [5.41, 5.74) is 17.4. The molecule has 0 aromatic heterocycles. The normalized spacial score (nSPS) is 22.0. The molecule has 0 bridgehead atoms. The van der Waals surface area contributed by atoms with Crippen molar-refractivity contribution in [3.05, 3.63) is 0 Å². The predicted octanol–water partition coefficient (Wildman–Crippen LogP) is -2.99. The smallest absolute Gasteiger partial charge is 0.326 e. The SMILES string of the molecule is CC[C@H](C)[C@H](N)C(=O)N1CCC[C@H]1C(=O)N[C@H](C(=O)N[C@@H](CC(N)=O)C(=O)N[C@@H](CCCCN)C(=O)N1CCC[C@H]1C(=O)N[C@@H](CO)C(=O)N1CCC[C@H]1C(=O)O)C(C)C. The van der Waals surface area contributed by atoms with Gasteiger partial charge in [-0.15, -0.1) is 0 Å². The maximum Gasteiger partial charge on any atom is 0.326 e. The molecule has 3 fully saturated rings. The summed E-state index contributed by atoms with van der Waals surface area (Å²) in [6.45, 7) is 7.12.